The summed E-state index contributed by atoms with van der Waals surface area (Å²) >= 11 is 0. The predicted molar refractivity (Wildman–Crippen MR) is 212 cm³/mol. The van der Waals surface area contributed by atoms with Crippen molar-refractivity contribution in [3.63, 3.8) is 0 Å². The standard InChI is InChI=1S/C31H45N2.C14H6N3.Au/c1-28(2,3)22-15-23(29(4,5)6)18-26(17-22)32-13-14-33(21-32)27-19-24(30(7,8)9)16-25(20-27)31(10,11)12;1-16-10-3-5-14-12(7-10)11-6-9(8-15)2-4-13(11)17-14;/h13-21H,1-12H3;2-7H;/q2*-1;. The van der Waals surface area contributed by atoms with Crippen LogP contribution < -0.4 is 14.8 Å². The number of benzene rings is 4. The van der Waals surface area contributed by atoms with E-state index in [4.69, 9.17) is 11.8 Å². The van der Waals surface area contributed by atoms with E-state index in [9.17, 15) is 0 Å². The molecule has 5 aromatic rings. The molecular weight excluding hydrogens is 807 g/mol. The third kappa shape index (κ3) is 8.98. The van der Waals surface area contributed by atoms with Crippen LogP contribution in [0.2, 0.25) is 0 Å². The van der Waals surface area contributed by atoms with E-state index < -0.39 is 0 Å². The average molecular weight is 859 g/mol. The van der Waals surface area contributed by atoms with Gasteiger partial charge in [0.25, 0.3) is 0 Å². The molecule has 6 heteroatoms. The smallest absolute Gasteiger partial charge is 0.187 e. The van der Waals surface area contributed by atoms with Crippen molar-refractivity contribution < 1.29 is 22.4 Å². The van der Waals surface area contributed by atoms with Crippen LogP contribution in [0.25, 0.3) is 26.7 Å². The van der Waals surface area contributed by atoms with E-state index in [0.29, 0.717) is 11.3 Å². The Hall–Kier alpha value is -4.26. The van der Waals surface area contributed by atoms with E-state index in [1.54, 1.807) is 12.1 Å². The van der Waals surface area contributed by atoms with Gasteiger partial charge in [-0.15, -0.1) is 17.7 Å². The number of nitriles is 1. The van der Waals surface area contributed by atoms with Gasteiger partial charge in [-0.05, 0) is 110 Å². The summed E-state index contributed by atoms with van der Waals surface area (Å²) in [5.41, 5.74) is 11.2. The molecule has 6 rings (SSSR count). The van der Waals surface area contributed by atoms with Gasteiger partial charge in [0.1, 0.15) is 0 Å². The second-order valence-corrected chi connectivity index (χ2v) is 17.5. The molecule has 0 atom stereocenters. The molecule has 0 N–H and O–H groups in total. The molecule has 0 unspecified atom stereocenters. The number of anilines is 2. The number of rotatable bonds is 2. The van der Waals surface area contributed by atoms with Gasteiger partial charge in [-0.3, -0.25) is 0 Å². The quantitative estimate of drug-likeness (QED) is 0.131. The van der Waals surface area contributed by atoms with Crippen molar-refractivity contribution in [1.82, 2.24) is 4.98 Å². The van der Waals surface area contributed by atoms with Crippen LogP contribution >= 0.6 is 0 Å². The zero-order chi connectivity index (χ0) is 36.8. The van der Waals surface area contributed by atoms with E-state index in [2.05, 4.69) is 164 Å². The molecule has 0 saturated carbocycles. The molecular formula is C45H51AuN5-2. The topological polar surface area (TPSA) is 48.7 Å². The van der Waals surface area contributed by atoms with Crippen molar-refractivity contribution in [2.75, 3.05) is 9.80 Å². The number of nitrogens with zero attached hydrogens (tertiary/aromatic N) is 5. The zero-order valence-corrected chi connectivity index (χ0v) is 34.4. The van der Waals surface area contributed by atoms with Crippen LogP contribution in [0.3, 0.4) is 0 Å². The summed E-state index contributed by atoms with van der Waals surface area (Å²) in [5, 5.41) is 10.8. The summed E-state index contributed by atoms with van der Waals surface area (Å²) in [6.45, 7) is 36.7. The van der Waals surface area contributed by atoms with E-state index >= 15 is 0 Å². The molecule has 0 bridgehead atoms. The van der Waals surface area contributed by atoms with Gasteiger partial charge in [0, 0.05) is 33.8 Å². The summed E-state index contributed by atoms with van der Waals surface area (Å²) < 4.78 is 0. The van der Waals surface area contributed by atoms with Crippen LogP contribution in [0.5, 0.6) is 0 Å². The SMILES string of the molecule is CC(C)(C)c1cc(N2C=CN(c3cc(C(C)(C)C)cc(C(C)(C)C)c3)[CH-]2)cc(C(C)(C)C)c1.[Au].[C-]#[N+]c1ccc2[n-]c3ccc(C#N)cc3c2c1. The van der Waals surface area contributed by atoms with Gasteiger partial charge in [0.05, 0.1) is 18.2 Å². The molecule has 1 radical (unpaired) electrons. The molecule has 5 nitrogen and oxygen atoms in total. The van der Waals surface area contributed by atoms with Gasteiger partial charge in [-0.1, -0.05) is 113 Å². The maximum atomic E-state index is 8.89. The van der Waals surface area contributed by atoms with Crippen LogP contribution in [0.1, 0.15) is 111 Å². The molecule has 0 fully saturated rings. The number of hydrogen-bond acceptors (Lipinski definition) is 3. The molecule has 0 amide bonds. The van der Waals surface area contributed by atoms with E-state index in [0.717, 1.165) is 21.8 Å². The second kappa shape index (κ2) is 14.4. The predicted octanol–water partition coefficient (Wildman–Crippen LogP) is 12.2. The van der Waals surface area contributed by atoms with Gasteiger partial charge < -0.3 is 14.8 Å². The molecule has 1 aliphatic heterocycles. The second-order valence-electron chi connectivity index (χ2n) is 17.5. The molecule has 1 aromatic heterocycles. The van der Waals surface area contributed by atoms with Crippen molar-refractivity contribution in [2.24, 2.45) is 0 Å². The van der Waals surface area contributed by atoms with E-state index in [1.165, 1.54) is 33.6 Å². The van der Waals surface area contributed by atoms with Crippen LogP contribution in [0, 0.1) is 24.6 Å². The first-order valence-electron chi connectivity index (χ1n) is 17.4. The van der Waals surface area contributed by atoms with E-state index in [1.807, 2.05) is 24.3 Å². The molecule has 51 heavy (non-hydrogen) atoms. The normalized spacial score (nSPS) is 13.5. The van der Waals surface area contributed by atoms with Crippen LogP contribution in [0.4, 0.5) is 17.1 Å². The molecule has 2 heterocycles. The monoisotopic (exact) mass is 858 g/mol. The molecule has 4 aromatic carbocycles. The van der Waals surface area contributed by atoms with Gasteiger partial charge >= 0.3 is 0 Å². The van der Waals surface area contributed by atoms with Crippen molar-refractivity contribution in [2.45, 2.75) is 105 Å². The number of aromatic nitrogens is 1. The van der Waals surface area contributed by atoms with Crippen LogP contribution in [0.15, 0.2) is 85.2 Å². The minimum Gasteiger partial charge on any atom is -0.657 e. The molecule has 0 aliphatic carbocycles. The maximum Gasteiger partial charge on any atom is 0.187 e. The van der Waals surface area contributed by atoms with Crippen molar-refractivity contribution in [3.05, 3.63) is 131 Å². The Balaban J connectivity index is 0.000000270. The fourth-order valence-electron chi connectivity index (χ4n) is 5.87. The van der Waals surface area contributed by atoms with Gasteiger partial charge in [0.2, 0.25) is 0 Å². The fourth-order valence-corrected chi connectivity index (χ4v) is 5.87. The summed E-state index contributed by atoms with van der Waals surface area (Å²) in [6.07, 6.45) is 4.35. The molecule has 269 valence electrons. The Morgan fingerprint density at radius 1 is 0.588 bits per heavy atom. The van der Waals surface area contributed by atoms with Crippen LogP contribution in [-0.4, -0.2) is 0 Å². The van der Waals surface area contributed by atoms with Crippen LogP contribution in [-0.2, 0) is 44.0 Å². The summed E-state index contributed by atoms with van der Waals surface area (Å²) in [4.78, 5) is 12.4. The van der Waals surface area contributed by atoms with Gasteiger partial charge in [-0.2, -0.15) is 5.26 Å². The Kier molecular flexibility index (Phi) is 11.2. The first kappa shape index (κ1) is 39.5. The summed E-state index contributed by atoms with van der Waals surface area (Å²) in [7, 11) is 0. The summed E-state index contributed by atoms with van der Waals surface area (Å²) in [6, 6.07) is 27.1. The van der Waals surface area contributed by atoms with Crippen molar-refractivity contribution in [1.29, 1.82) is 5.26 Å². The summed E-state index contributed by atoms with van der Waals surface area (Å²) in [5.74, 6) is 0. The minimum atomic E-state index is 0. The first-order valence-corrected chi connectivity index (χ1v) is 17.4. The Morgan fingerprint density at radius 2 is 0.980 bits per heavy atom. The number of fused-ring (bicyclic) bond motifs is 3. The zero-order valence-electron chi connectivity index (χ0n) is 32.2. The maximum absolute atomic E-state index is 8.89. The first-order chi connectivity index (χ1) is 23.2. The molecule has 1 aliphatic rings. The Morgan fingerprint density at radius 3 is 1.35 bits per heavy atom. The Bertz CT molecular complexity index is 1950. The number of hydrogen-bond donors (Lipinski definition) is 0. The third-order valence-corrected chi connectivity index (χ3v) is 9.30. The largest absolute Gasteiger partial charge is 0.657 e. The minimum absolute atomic E-state index is 0. The molecule has 0 spiro atoms. The third-order valence-electron chi connectivity index (χ3n) is 9.30. The average Bonchev–Trinajstić information content (AvgIpc) is 3.68. The van der Waals surface area contributed by atoms with Crippen molar-refractivity contribution >= 4 is 38.9 Å². The van der Waals surface area contributed by atoms with Gasteiger partial charge in [0.15, 0.2) is 5.69 Å². The fraction of sp³-hybridized carbons (Fsp3) is 0.356. The molecule has 0 saturated heterocycles. The van der Waals surface area contributed by atoms with Gasteiger partial charge in [-0.25, -0.2) is 4.85 Å². The van der Waals surface area contributed by atoms with Crippen molar-refractivity contribution in [3.8, 4) is 6.07 Å². The van der Waals surface area contributed by atoms with E-state index in [-0.39, 0.29) is 44.0 Å². The Labute approximate surface area is 321 Å².